The fourth-order valence-electron chi connectivity index (χ4n) is 4.60. The van der Waals surface area contributed by atoms with Crippen LogP contribution in [0.15, 0.2) is 24.3 Å². The van der Waals surface area contributed by atoms with Gasteiger partial charge in [0.2, 0.25) is 5.91 Å². The van der Waals surface area contributed by atoms with E-state index in [-0.39, 0.29) is 12.5 Å². The minimum absolute atomic E-state index is 0.0000217. The third-order valence-electron chi connectivity index (χ3n) is 6.36. The Balaban J connectivity index is 1.42. The molecule has 1 heterocycles. The predicted octanol–water partition coefficient (Wildman–Crippen LogP) is 3.67. The number of amides is 1. The van der Waals surface area contributed by atoms with E-state index in [4.69, 9.17) is 4.74 Å². The molecule has 5 nitrogen and oxygen atoms in total. The first-order valence-corrected chi connectivity index (χ1v) is 10.8. The maximum absolute atomic E-state index is 11.6. The monoisotopic (exact) mass is 395 g/mol. The zero-order valence-electron chi connectivity index (χ0n) is 17.7. The van der Waals surface area contributed by atoms with Crippen molar-refractivity contribution in [2.75, 3.05) is 33.4 Å². The lowest BCUT2D eigenvalue weighted by molar-refractivity contribution is -0.125. The summed E-state index contributed by atoms with van der Waals surface area (Å²) in [5.74, 6) is 0.762. The Morgan fingerprint density at radius 2 is 2.10 bits per heavy atom. The number of carbonyl (C=O) groups is 1. The first-order chi connectivity index (χ1) is 14.1. The summed E-state index contributed by atoms with van der Waals surface area (Å²) in [6.07, 6.45) is 9.10. The molecule has 1 saturated carbocycles. The van der Waals surface area contributed by atoms with Gasteiger partial charge >= 0.3 is 0 Å². The summed E-state index contributed by atoms with van der Waals surface area (Å²) < 4.78 is 4.89. The fourth-order valence-corrected chi connectivity index (χ4v) is 4.60. The molecule has 5 heteroatoms. The highest BCUT2D eigenvalue weighted by Gasteiger charge is 2.23. The zero-order valence-corrected chi connectivity index (χ0v) is 17.7. The standard InChI is InChI=1S/C24H33N3O2/c1-18-4-3-5-22(23(18)16-25)20-11-14-27(15-12-20)13-10-19-6-8-21(9-7-19)26-24(28)17-29-2/h3-5,11,19,21H,6-10,12-15,17H2,1-2H3,(H,26,28). The number of nitrogens with one attached hydrogen (secondary N) is 1. The summed E-state index contributed by atoms with van der Waals surface area (Å²) >= 11 is 0. The minimum atomic E-state index is 0.0000217. The second-order valence-corrected chi connectivity index (χ2v) is 8.40. The summed E-state index contributed by atoms with van der Waals surface area (Å²) in [5, 5.41) is 12.6. The van der Waals surface area contributed by atoms with Crippen molar-refractivity contribution in [2.45, 2.75) is 51.5 Å². The van der Waals surface area contributed by atoms with Gasteiger partial charge in [-0.05, 0) is 74.6 Å². The number of rotatable bonds is 7. The second kappa shape index (κ2) is 10.6. The number of benzene rings is 1. The van der Waals surface area contributed by atoms with Crippen LogP contribution in [-0.4, -0.2) is 50.2 Å². The molecule has 2 aliphatic rings. The molecule has 1 aromatic rings. The number of ether oxygens (including phenoxy) is 1. The van der Waals surface area contributed by atoms with E-state index in [1.807, 2.05) is 19.1 Å². The number of hydrogen-bond acceptors (Lipinski definition) is 4. The van der Waals surface area contributed by atoms with E-state index in [1.165, 1.54) is 24.8 Å². The van der Waals surface area contributed by atoms with Gasteiger partial charge in [-0.3, -0.25) is 9.69 Å². The number of aryl methyl sites for hydroxylation is 1. The van der Waals surface area contributed by atoms with Crippen LogP contribution >= 0.6 is 0 Å². The molecule has 0 aromatic heterocycles. The lowest BCUT2D eigenvalue weighted by atomic mass is 9.84. The molecule has 0 atom stereocenters. The van der Waals surface area contributed by atoms with E-state index in [2.05, 4.69) is 28.4 Å². The first kappa shape index (κ1) is 21.5. The normalized spacial score (nSPS) is 22.6. The van der Waals surface area contributed by atoms with Crippen LogP contribution in [0.3, 0.4) is 0 Å². The van der Waals surface area contributed by atoms with Crippen molar-refractivity contribution in [3.05, 3.63) is 41.0 Å². The van der Waals surface area contributed by atoms with Crippen LogP contribution in [0.25, 0.3) is 5.57 Å². The maximum Gasteiger partial charge on any atom is 0.246 e. The van der Waals surface area contributed by atoms with Crippen LogP contribution in [0.2, 0.25) is 0 Å². The molecule has 156 valence electrons. The number of nitriles is 1. The van der Waals surface area contributed by atoms with Crippen molar-refractivity contribution in [1.82, 2.24) is 10.2 Å². The van der Waals surface area contributed by atoms with Crippen molar-refractivity contribution in [3.63, 3.8) is 0 Å². The average Bonchev–Trinajstić information content (AvgIpc) is 2.73. The summed E-state index contributed by atoms with van der Waals surface area (Å²) in [6.45, 7) is 5.33. The van der Waals surface area contributed by atoms with E-state index in [9.17, 15) is 10.1 Å². The van der Waals surface area contributed by atoms with E-state index in [0.29, 0.717) is 6.04 Å². The molecular weight excluding hydrogens is 362 g/mol. The highest BCUT2D eigenvalue weighted by Crippen LogP contribution is 2.29. The largest absolute Gasteiger partial charge is 0.375 e. The zero-order chi connectivity index (χ0) is 20.6. The minimum Gasteiger partial charge on any atom is -0.375 e. The van der Waals surface area contributed by atoms with Gasteiger partial charge in [0.15, 0.2) is 0 Å². The van der Waals surface area contributed by atoms with Crippen LogP contribution in [0.5, 0.6) is 0 Å². The van der Waals surface area contributed by atoms with Gasteiger partial charge in [0.25, 0.3) is 0 Å². The van der Waals surface area contributed by atoms with Gasteiger partial charge in [-0.2, -0.15) is 5.26 Å². The molecule has 1 aliphatic heterocycles. The van der Waals surface area contributed by atoms with Gasteiger partial charge in [-0.25, -0.2) is 0 Å². The molecule has 29 heavy (non-hydrogen) atoms. The molecule has 1 amide bonds. The molecule has 1 N–H and O–H groups in total. The predicted molar refractivity (Wildman–Crippen MR) is 115 cm³/mol. The molecule has 0 bridgehead atoms. The molecule has 1 aliphatic carbocycles. The Labute approximate surface area is 174 Å². The highest BCUT2D eigenvalue weighted by atomic mass is 16.5. The van der Waals surface area contributed by atoms with Crippen LogP contribution in [0.4, 0.5) is 0 Å². The third-order valence-corrected chi connectivity index (χ3v) is 6.36. The molecule has 0 radical (unpaired) electrons. The van der Waals surface area contributed by atoms with Gasteiger partial charge in [-0.15, -0.1) is 0 Å². The molecule has 0 saturated heterocycles. The van der Waals surface area contributed by atoms with Crippen LogP contribution in [0.1, 0.15) is 55.2 Å². The fraction of sp³-hybridized carbons (Fsp3) is 0.583. The Kier molecular flexibility index (Phi) is 7.85. The van der Waals surface area contributed by atoms with Gasteiger partial charge in [0, 0.05) is 26.2 Å². The topological polar surface area (TPSA) is 65.4 Å². The summed E-state index contributed by atoms with van der Waals surface area (Å²) in [5.41, 5.74) is 4.30. The molecule has 0 spiro atoms. The Morgan fingerprint density at radius 3 is 2.76 bits per heavy atom. The van der Waals surface area contributed by atoms with Crippen LogP contribution in [0, 0.1) is 24.2 Å². The summed E-state index contributed by atoms with van der Waals surface area (Å²) in [6, 6.07) is 8.83. The number of methoxy groups -OCH3 is 1. The van der Waals surface area contributed by atoms with Crippen molar-refractivity contribution in [1.29, 1.82) is 5.26 Å². The van der Waals surface area contributed by atoms with Gasteiger partial charge < -0.3 is 10.1 Å². The number of hydrogen-bond donors (Lipinski definition) is 1. The van der Waals surface area contributed by atoms with Crippen molar-refractivity contribution >= 4 is 11.5 Å². The van der Waals surface area contributed by atoms with Crippen molar-refractivity contribution in [3.8, 4) is 6.07 Å². The highest BCUT2D eigenvalue weighted by molar-refractivity contribution is 5.77. The molecular formula is C24H33N3O2. The Hall–Kier alpha value is -2.16. The van der Waals surface area contributed by atoms with Gasteiger partial charge in [0.1, 0.15) is 12.7 Å². The number of nitrogens with zero attached hydrogens (tertiary/aromatic N) is 2. The Bertz CT molecular complexity index is 773. The Morgan fingerprint density at radius 1 is 1.31 bits per heavy atom. The number of carbonyl (C=O) groups excluding carboxylic acids is 1. The second-order valence-electron chi connectivity index (χ2n) is 8.40. The molecule has 1 aromatic carbocycles. The maximum atomic E-state index is 11.6. The quantitative estimate of drug-likeness (QED) is 0.765. The average molecular weight is 396 g/mol. The molecule has 0 unspecified atom stereocenters. The van der Waals surface area contributed by atoms with Gasteiger partial charge in [-0.1, -0.05) is 24.3 Å². The van der Waals surface area contributed by atoms with Crippen LogP contribution < -0.4 is 5.32 Å². The third kappa shape index (κ3) is 5.91. The van der Waals surface area contributed by atoms with E-state index < -0.39 is 0 Å². The van der Waals surface area contributed by atoms with Crippen molar-refractivity contribution in [2.24, 2.45) is 5.92 Å². The van der Waals surface area contributed by atoms with E-state index in [0.717, 1.165) is 61.5 Å². The summed E-state index contributed by atoms with van der Waals surface area (Å²) in [7, 11) is 1.55. The first-order valence-electron chi connectivity index (χ1n) is 10.8. The SMILES string of the molecule is COCC(=O)NC1CCC(CCN2CC=C(c3cccc(C)c3C#N)CC2)CC1. The van der Waals surface area contributed by atoms with Crippen LogP contribution in [-0.2, 0) is 9.53 Å². The molecule has 3 rings (SSSR count). The smallest absolute Gasteiger partial charge is 0.246 e. The lowest BCUT2D eigenvalue weighted by Crippen LogP contribution is -2.39. The lowest BCUT2D eigenvalue weighted by Gasteiger charge is -2.32. The van der Waals surface area contributed by atoms with Crippen molar-refractivity contribution < 1.29 is 9.53 Å². The summed E-state index contributed by atoms with van der Waals surface area (Å²) in [4.78, 5) is 14.2. The van der Waals surface area contributed by atoms with Gasteiger partial charge in [0.05, 0.1) is 5.56 Å². The van der Waals surface area contributed by atoms with E-state index in [1.54, 1.807) is 7.11 Å². The molecule has 1 fully saturated rings. The van der Waals surface area contributed by atoms with E-state index >= 15 is 0 Å².